The van der Waals surface area contributed by atoms with Gasteiger partial charge in [-0.15, -0.1) is 0 Å². The van der Waals surface area contributed by atoms with E-state index in [4.69, 9.17) is 14.6 Å². The van der Waals surface area contributed by atoms with Gasteiger partial charge in [-0.1, -0.05) is 24.3 Å². The normalized spacial score (nSPS) is 10.7. The number of benzene rings is 3. The first-order valence-corrected chi connectivity index (χ1v) is 10.4. The fourth-order valence-electron chi connectivity index (χ4n) is 3.52. The summed E-state index contributed by atoms with van der Waals surface area (Å²) in [5.74, 6) is 0.625. The lowest BCUT2D eigenvalue weighted by atomic mass is 10.1. The quantitative estimate of drug-likeness (QED) is 0.438. The second-order valence-corrected chi connectivity index (χ2v) is 7.54. The summed E-state index contributed by atoms with van der Waals surface area (Å²) in [6.07, 6.45) is 0. The van der Waals surface area contributed by atoms with E-state index in [0.717, 1.165) is 22.4 Å². The lowest BCUT2D eigenvalue weighted by Crippen LogP contribution is -2.25. The number of amides is 1. The number of nitrogens with one attached hydrogen (secondary N) is 1. The molecule has 4 aromatic rings. The van der Waals surface area contributed by atoms with E-state index in [-0.39, 0.29) is 18.3 Å². The molecule has 4 rings (SSSR count). The van der Waals surface area contributed by atoms with E-state index in [2.05, 4.69) is 5.32 Å². The molecule has 3 aromatic carbocycles. The Balaban J connectivity index is 1.73. The largest absolute Gasteiger partial charge is 0.497 e. The molecule has 1 heterocycles. The van der Waals surface area contributed by atoms with Crippen LogP contribution in [0.15, 0.2) is 72.8 Å². The van der Waals surface area contributed by atoms with Crippen LogP contribution in [0.2, 0.25) is 0 Å². The number of aromatic nitrogens is 2. The smallest absolute Gasteiger partial charge is 0.270 e. The van der Waals surface area contributed by atoms with Gasteiger partial charge in [0, 0.05) is 18.2 Å². The summed E-state index contributed by atoms with van der Waals surface area (Å²) in [6, 6.07) is 20.9. The van der Waals surface area contributed by atoms with Crippen LogP contribution in [0, 0.1) is 12.7 Å². The highest BCUT2D eigenvalue weighted by atomic mass is 19.1. The summed E-state index contributed by atoms with van der Waals surface area (Å²) in [4.78, 5) is 13.2. The Labute approximate surface area is 191 Å². The third-order valence-corrected chi connectivity index (χ3v) is 5.24. The summed E-state index contributed by atoms with van der Waals surface area (Å²) in [5.41, 5.74) is 4.30. The number of nitrogens with zero attached hydrogens (tertiary/aromatic N) is 2. The van der Waals surface area contributed by atoms with E-state index >= 15 is 0 Å². The Morgan fingerprint density at radius 2 is 1.79 bits per heavy atom. The maximum absolute atomic E-state index is 13.2. The minimum absolute atomic E-state index is 0.263. The summed E-state index contributed by atoms with van der Waals surface area (Å²) in [6.45, 7) is 2.24. The Kier molecular flexibility index (Phi) is 6.40. The van der Waals surface area contributed by atoms with Gasteiger partial charge >= 0.3 is 0 Å². The maximum atomic E-state index is 13.2. The molecule has 0 aliphatic heterocycles. The Bertz CT molecular complexity index is 1280. The number of carbonyl (C=O) groups is 1. The Morgan fingerprint density at radius 1 is 1.00 bits per heavy atom. The molecule has 7 heteroatoms. The highest BCUT2D eigenvalue weighted by Gasteiger charge is 2.20. The van der Waals surface area contributed by atoms with Crippen LogP contribution in [0.5, 0.6) is 11.5 Å². The van der Waals surface area contributed by atoms with Crippen LogP contribution in [0.4, 0.5) is 4.39 Å². The van der Waals surface area contributed by atoms with Crippen molar-refractivity contribution in [3.05, 3.63) is 95.4 Å². The van der Waals surface area contributed by atoms with Crippen molar-refractivity contribution in [2.75, 3.05) is 14.2 Å². The molecule has 1 aromatic heterocycles. The minimum atomic E-state index is -0.319. The molecule has 33 heavy (non-hydrogen) atoms. The van der Waals surface area contributed by atoms with Crippen LogP contribution in [-0.4, -0.2) is 29.9 Å². The van der Waals surface area contributed by atoms with Gasteiger partial charge in [0.25, 0.3) is 5.91 Å². The van der Waals surface area contributed by atoms with E-state index in [0.29, 0.717) is 22.9 Å². The van der Waals surface area contributed by atoms with Gasteiger partial charge in [0.1, 0.15) is 23.0 Å². The Hall–Kier alpha value is -4.13. The zero-order valence-electron chi connectivity index (χ0n) is 18.6. The van der Waals surface area contributed by atoms with Crippen molar-refractivity contribution < 1.29 is 18.7 Å². The zero-order chi connectivity index (χ0) is 23.4. The Morgan fingerprint density at radius 3 is 2.48 bits per heavy atom. The van der Waals surface area contributed by atoms with Gasteiger partial charge in [-0.05, 0) is 60.5 Å². The SMILES string of the molecule is COc1ccc(-c2cc(C(=O)NCc3ccc(F)cc3)n(-c3cccc(C)c3)n2)c(OC)c1. The summed E-state index contributed by atoms with van der Waals surface area (Å²) in [7, 11) is 3.16. The number of hydrogen-bond acceptors (Lipinski definition) is 4. The van der Waals surface area contributed by atoms with Gasteiger partial charge in [0.2, 0.25) is 0 Å². The fraction of sp³-hybridized carbons (Fsp3) is 0.154. The summed E-state index contributed by atoms with van der Waals surface area (Å²) in [5, 5.41) is 7.63. The number of ether oxygens (including phenoxy) is 2. The summed E-state index contributed by atoms with van der Waals surface area (Å²) < 4.78 is 25.6. The van der Waals surface area contributed by atoms with Gasteiger partial charge in [0.05, 0.1) is 25.6 Å². The number of halogens is 1. The van der Waals surface area contributed by atoms with Crippen LogP contribution in [-0.2, 0) is 6.54 Å². The molecule has 6 nitrogen and oxygen atoms in total. The average Bonchev–Trinajstić information content (AvgIpc) is 3.28. The highest BCUT2D eigenvalue weighted by molar-refractivity contribution is 5.94. The van der Waals surface area contributed by atoms with Crippen molar-refractivity contribution in [3.63, 3.8) is 0 Å². The molecule has 0 saturated heterocycles. The van der Waals surface area contributed by atoms with E-state index in [1.165, 1.54) is 12.1 Å². The maximum Gasteiger partial charge on any atom is 0.270 e. The van der Waals surface area contributed by atoms with Gasteiger partial charge in [-0.25, -0.2) is 9.07 Å². The second kappa shape index (κ2) is 9.56. The number of aryl methyl sites for hydroxylation is 1. The molecule has 0 aliphatic carbocycles. The fourth-order valence-corrected chi connectivity index (χ4v) is 3.52. The first-order chi connectivity index (χ1) is 16.0. The second-order valence-electron chi connectivity index (χ2n) is 7.54. The van der Waals surface area contributed by atoms with E-state index in [1.807, 2.05) is 43.3 Å². The highest BCUT2D eigenvalue weighted by Crippen LogP contribution is 2.33. The van der Waals surface area contributed by atoms with Gasteiger partial charge in [0.15, 0.2) is 0 Å². The molecule has 0 radical (unpaired) electrons. The zero-order valence-corrected chi connectivity index (χ0v) is 18.6. The van der Waals surface area contributed by atoms with Crippen LogP contribution in [0.1, 0.15) is 21.6 Å². The van der Waals surface area contributed by atoms with Crippen molar-refractivity contribution in [2.45, 2.75) is 13.5 Å². The predicted molar refractivity (Wildman–Crippen MR) is 124 cm³/mol. The van der Waals surface area contributed by atoms with Gasteiger partial charge in [-0.2, -0.15) is 5.10 Å². The van der Waals surface area contributed by atoms with E-state index in [9.17, 15) is 9.18 Å². The van der Waals surface area contributed by atoms with Crippen molar-refractivity contribution in [1.82, 2.24) is 15.1 Å². The van der Waals surface area contributed by atoms with Crippen molar-refractivity contribution in [1.29, 1.82) is 0 Å². The van der Waals surface area contributed by atoms with Crippen molar-refractivity contribution in [2.24, 2.45) is 0 Å². The topological polar surface area (TPSA) is 65.4 Å². The lowest BCUT2D eigenvalue weighted by molar-refractivity contribution is 0.0943. The molecular weight excluding hydrogens is 421 g/mol. The van der Waals surface area contributed by atoms with Crippen LogP contribution >= 0.6 is 0 Å². The summed E-state index contributed by atoms with van der Waals surface area (Å²) >= 11 is 0. The molecule has 1 N–H and O–H groups in total. The monoisotopic (exact) mass is 445 g/mol. The van der Waals surface area contributed by atoms with Crippen LogP contribution in [0.25, 0.3) is 16.9 Å². The molecule has 1 amide bonds. The molecule has 168 valence electrons. The standard InChI is InChI=1S/C26H24FN3O3/c1-17-5-4-6-20(13-17)30-24(26(31)28-16-18-7-9-19(27)10-8-18)15-23(29-30)22-12-11-21(32-2)14-25(22)33-3/h4-15H,16H2,1-3H3,(H,28,31). The molecule has 0 bridgehead atoms. The first kappa shape index (κ1) is 22.1. The minimum Gasteiger partial charge on any atom is -0.497 e. The lowest BCUT2D eigenvalue weighted by Gasteiger charge is -2.09. The van der Waals surface area contributed by atoms with Crippen molar-refractivity contribution in [3.8, 4) is 28.4 Å². The molecule has 0 saturated carbocycles. The molecule has 0 spiro atoms. The molecule has 0 unspecified atom stereocenters. The number of carbonyl (C=O) groups excluding carboxylic acids is 1. The molecule has 0 aliphatic rings. The number of methoxy groups -OCH3 is 2. The predicted octanol–water partition coefficient (Wildman–Crippen LogP) is 4.93. The third kappa shape index (κ3) is 4.87. The third-order valence-electron chi connectivity index (χ3n) is 5.24. The molecule has 0 atom stereocenters. The van der Waals surface area contributed by atoms with Crippen LogP contribution in [0.3, 0.4) is 0 Å². The first-order valence-electron chi connectivity index (χ1n) is 10.4. The molecular formula is C26H24FN3O3. The van der Waals surface area contributed by atoms with E-state index in [1.54, 1.807) is 43.2 Å². The van der Waals surface area contributed by atoms with Crippen LogP contribution < -0.4 is 14.8 Å². The average molecular weight is 445 g/mol. The molecule has 0 fully saturated rings. The van der Waals surface area contributed by atoms with Crippen molar-refractivity contribution >= 4 is 5.91 Å². The van der Waals surface area contributed by atoms with Gasteiger partial charge in [-0.3, -0.25) is 4.79 Å². The van der Waals surface area contributed by atoms with Gasteiger partial charge < -0.3 is 14.8 Å². The number of hydrogen-bond donors (Lipinski definition) is 1. The number of rotatable bonds is 7. The van der Waals surface area contributed by atoms with E-state index < -0.39 is 0 Å².